The first-order valence-corrected chi connectivity index (χ1v) is 5.38. The van der Waals surface area contributed by atoms with Crippen LogP contribution in [-0.4, -0.2) is 20.8 Å². The highest BCUT2D eigenvalue weighted by atomic mass is 19.2. The number of aromatic nitrogens is 2. The van der Waals surface area contributed by atoms with Crippen LogP contribution < -0.4 is 5.32 Å². The number of nitrogens with one attached hydrogen (secondary N) is 2. The van der Waals surface area contributed by atoms with Crippen molar-refractivity contribution in [3.8, 4) is 0 Å². The molecular formula is C11H8F2N4O3. The standard InChI is InChI=1S/C11H8F2N4O3/c12-8-1-7(10(17(19)20)2-9(8)13)11(18)15-4-6-3-14-5-16-6/h1-3,5H,4H2,(H,14,16)(H,15,18). The third-order valence-electron chi connectivity index (χ3n) is 2.47. The van der Waals surface area contributed by atoms with Gasteiger partial charge in [-0.05, 0) is 6.07 Å². The van der Waals surface area contributed by atoms with E-state index in [4.69, 9.17) is 0 Å². The second-order valence-corrected chi connectivity index (χ2v) is 3.80. The maximum absolute atomic E-state index is 13.1. The number of carbonyl (C=O) groups is 1. The van der Waals surface area contributed by atoms with E-state index >= 15 is 0 Å². The maximum atomic E-state index is 13.1. The van der Waals surface area contributed by atoms with Crippen LogP contribution in [0.15, 0.2) is 24.7 Å². The summed E-state index contributed by atoms with van der Waals surface area (Å²) in [6, 6.07) is 0.871. The molecule has 1 amide bonds. The largest absolute Gasteiger partial charge is 0.347 e. The van der Waals surface area contributed by atoms with Crippen molar-refractivity contribution in [1.82, 2.24) is 15.3 Å². The maximum Gasteiger partial charge on any atom is 0.285 e. The average Bonchev–Trinajstić information content (AvgIpc) is 2.91. The lowest BCUT2D eigenvalue weighted by atomic mass is 10.1. The van der Waals surface area contributed by atoms with Gasteiger partial charge in [0.05, 0.1) is 29.6 Å². The molecule has 0 saturated heterocycles. The Hall–Kier alpha value is -2.84. The first-order chi connectivity index (χ1) is 9.49. The van der Waals surface area contributed by atoms with Crippen LogP contribution in [-0.2, 0) is 6.54 Å². The SMILES string of the molecule is O=C(NCc1cnc[nH]1)c1cc(F)c(F)cc1[N+](=O)[O-]. The molecule has 2 rings (SSSR count). The van der Waals surface area contributed by atoms with Gasteiger partial charge >= 0.3 is 0 Å². The lowest BCUT2D eigenvalue weighted by Gasteiger charge is -2.05. The molecule has 0 spiro atoms. The molecule has 0 radical (unpaired) electrons. The number of H-pyrrole nitrogens is 1. The first-order valence-electron chi connectivity index (χ1n) is 5.38. The number of aromatic amines is 1. The third kappa shape index (κ3) is 2.76. The summed E-state index contributed by atoms with van der Waals surface area (Å²) >= 11 is 0. The smallest absolute Gasteiger partial charge is 0.285 e. The van der Waals surface area contributed by atoms with Crippen LogP contribution in [0.1, 0.15) is 16.1 Å². The van der Waals surface area contributed by atoms with Crippen molar-refractivity contribution in [2.24, 2.45) is 0 Å². The Bertz CT molecular complexity index is 658. The van der Waals surface area contributed by atoms with E-state index < -0.39 is 33.7 Å². The van der Waals surface area contributed by atoms with Crippen LogP contribution in [0.4, 0.5) is 14.5 Å². The van der Waals surface area contributed by atoms with Crippen LogP contribution in [0.3, 0.4) is 0 Å². The summed E-state index contributed by atoms with van der Waals surface area (Å²) in [7, 11) is 0. The second kappa shape index (κ2) is 5.43. The van der Waals surface area contributed by atoms with Gasteiger partial charge in [-0.25, -0.2) is 13.8 Å². The minimum atomic E-state index is -1.39. The van der Waals surface area contributed by atoms with Crippen LogP contribution in [0.25, 0.3) is 0 Å². The van der Waals surface area contributed by atoms with Crippen LogP contribution in [0.2, 0.25) is 0 Å². The van der Waals surface area contributed by atoms with Crippen molar-refractivity contribution in [3.63, 3.8) is 0 Å². The van der Waals surface area contributed by atoms with Gasteiger partial charge in [-0.3, -0.25) is 14.9 Å². The molecule has 2 aromatic rings. The summed E-state index contributed by atoms with van der Waals surface area (Å²) in [4.78, 5) is 28.0. The summed E-state index contributed by atoms with van der Waals surface area (Å²) < 4.78 is 26.1. The Kier molecular flexibility index (Phi) is 3.69. The highest BCUT2D eigenvalue weighted by Gasteiger charge is 2.23. The molecule has 20 heavy (non-hydrogen) atoms. The Balaban J connectivity index is 2.24. The minimum absolute atomic E-state index is 0.0228. The van der Waals surface area contributed by atoms with Crippen molar-refractivity contribution in [2.45, 2.75) is 6.54 Å². The van der Waals surface area contributed by atoms with E-state index in [1.807, 2.05) is 0 Å². The lowest BCUT2D eigenvalue weighted by molar-refractivity contribution is -0.385. The van der Waals surface area contributed by atoms with E-state index in [1.165, 1.54) is 12.5 Å². The Labute approximate surface area is 110 Å². The number of halogens is 2. The van der Waals surface area contributed by atoms with Gasteiger partial charge in [0.25, 0.3) is 11.6 Å². The van der Waals surface area contributed by atoms with Crippen molar-refractivity contribution < 1.29 is 18.5 Å². The number of hydrogen-bond acceptors (Lipinski definition) is 4. The summed E-state index contributed by atoms with van der Waals surface area (Å²) in [6.07, 6.45) is 2.83. The van der Waals surface area contributed by atoms with E-state index in [0.717, 1.165) is 0 Å². The second-order valence-electron chi connectivity index (χ2n) is 3.80. The van der Waals surface area contributed by atoms with Crippen LogP contribution in [0.5, 0.6) is 0 Å². The summed E-state index contributed by atoms with van der Waals surface area (Å²) in [6.45, 7) is 0.0228. The number of amides is 1. The van der Waals surface area contributed by atoms with E-state index in [9.17, 15) is 23.7 Å². The minimum Gasteiger partial charge on any atom is -0.347 e. The molecule has 0 unspecified atom stereocenters. The Morgan fingerprint density at radius 3 is 2.70 bits per heavy atom. The molecule has 9 heteroatoms. The molecule has 2 N–H and O–H groups in total. The number of carbonyl (C=O) groups excluding carboxylic acids is 1. The fourth-order valence-electron chi connectivity index (χ4n) is 1.52. The molecule has 0 aliphatic heterocycles. The molecule has 7 nitrogen and oxygen atoms in total. The molecule has 0 aliphatic rings. The number of benzene rings is 1. The monoisotopic (exact) mass is 282 g/mol. The van der Waals surface area contributed by atoms with Gasteiger partial charge < -0.3 is 10.3 Å². The fourth-order valence-corrected chi connectivity index (χ4v) is 1.52. The number of imidazole rings is 1. The van der Waals surface area contributed by atoms with E-state index in [0.29, 0.717) is 17.8 Å². The summed E-state index contributed by atoms with van der Waals surface area (Å²) in [5.41, 5.74) is -0.789. The Morgan fingerprint density at radius 2 is 2.10 bits per heavy atom. The quantitative estimate of drug-likeness (QED) is 0.655. The zero-order chi connectivity index (χ0) is 14.7. The number of nitrogens with zero attached hydrogens (tertiary/aromatic N) is 2. The van der Waals surface area contributed by atoms with Gasteiger partial charge in [0.1, 0.15) is 5.56 Å². The van der Waals surface area contributed by atoms with Gasteiger partial charge in [-0.1, -0.05) is 0 Å². The highest BCUT2D eigenvalue weighted by Crippen LogP contribution is 2.22. The number of rotatable bonds is 4. The zero-order valence-corrected chi connectivity index (χ0v) is 9.89. The van der Waals surface area contributed by atoms with E-state index in [-0.39, 0.29) is 6.54 Å². The molecule has 0 fully saturated rings. The number of hydrogen-bond donors (Lipinski definition) is 2. The molecule has 0 atom stereocenters. The molecule has 1 aromatic carbocycles. The van der Waals surface area contributed by atoms with Gasteiger partial charge in [-0.15, -0.1) is 0 Å². The average molecular weight is 282 g/mol. The fraction of sp³-hybridized carbons (Fsp3) is 0.0909. The molecular weight excluding hydrogens is 274 g/mol. The summed E-state index contributed by atoms with van der Waals surface area (Å²) in [5.74, 6) is -3.60. The van der Waals surface area contributed by atoms with Crippen molar-refractivity contribution in [3.05, 3.63) is 57.7 Å². The zero-order valence-electron chi connectivity index (χ0n) is 9.89. The number of nitro groups is 1. The predicted molar refractivity (Wildman–Crippen MR) is 62.8 cm³/mol. The van der Waals surface area contributed by atoms with E-state index in [2.05, 4.69) is 15.3 Å². The van der Waals surface area contributed by atoms with E-state index in [1.54, 1.807) is 0 Å². The first kappa shape index (κ1) is 13.6. The molecule has 1 aromatic heterocycles. The molecule has 0 saturated carbocycles. The molecule has 0 bridgehead atoms. The van der Waals surface area contributed by atoms with Gasteiger partial charge in [-0.2, -0.15) is 0 Å². The van der Waals surface area contributed by atoms with Crippen molar-refractivity contribution >= 4 is 11.6 Å². The predicted octanol–water partition coefficient (Wildman–Crippen LogP) is 1.53. The topological polar surface area (TPSA) is 101 Å². The van der Waals surface area contributed by atoms with Gasteiger partial charge in [0.2, 0.25) is 0 Å². The summed E-state index contributed by atoms with van der Waals surface area (Å²) in [5, 5.41) is 13.1. The Morgan fingerprint density at radius 1 is 1.40 bits per heavy atom. The molecule has 104 valence electrons. The van der Waals surface area contributed by atoms with Gasteiger partial charge in [0, 0.05) is 6.20 Å². The molecule has 1 heterocycles. The van der Waals surface area contributed by atoms with Gasteiger partial charge in [0.15, 0.2) is 11.6 Å². The molecule has 0 aliphatic carbocycles. The normalized spacial score (nSPS) is 10.3. The van der Waals surface area contributed by atoms with Crippen molar-refractivity contribution in [2.75, 3.05) is 0 Å². The lowest BCUT2D eigenvalue weighted by Crippen LogP contribution is -2.24. The third-order valence-corrected chi connectivity index (χ3v) is 2.47. The highest BCUT2D eigenvalue weighted by molar-refractivity contribution is 5.98. The van der Waals surface area contributed by atoms with Crippen molar-refractivity contribution in [1.29, 1.82) is 0 Å². The number of nitro benzene ring substituents is 1. The van der Waals surface area contributed by atoms with Crippen LogP contribution in [0, 0.1) is 21.7 Å². The van der Waals surface area contributed by atoms with Crippen LogP contribution >= 0.6 is 0 Å².